The maximum atomic E-state index is 3.72. The van der Waals surface area contributed by atoms with Crippen LogP contribution < -0.4 is 4.57 Å². The number of allylic oxidation sites excluding steroid dienone is 3. The summed E-state index contributed by atoms with van der Waals surface area (Å²) >= 11 is 0. The molecule has 1 aromatic rings. The first-order valence-corrected chi connectivity index (χ1v) is 4.48. The second-order valence-corrected chi connectivity index (χ2v) is 3.15. The van der Waals surface area contributed by atoms with Crippen molar-refractivity contribution < 1.29 is 4.57 Å². The van der Waals surface area contributed by atoms with Gasteiger partial charge in [-0.05, 0) is 18.6 Å². The Morgan fingerprint density at radius 2 is 2.31 bits per heavy atom. The molecule has 0 fully saturated rings. The van der Waals surface area contributed by atoms with Crippen LogP contribution in [0.1, 0.15) is 12.6 Å². The second-order valence-electron chi connectivity index (χ2n) is 3.15. The Morgan fingerprint density at radius 1 is 1.54 bits per heavy atom. The molecule has 0 unspecified atom stereocenters. The third-order valence-corrected chi connectivity index (χ3v) is 2.10. The lowest BCUT2D eigenvalue weighted by Crippen LogP contribution is -2.35. The van der Waals surface area contributed by atoms with Crippen molar-refractivity contribution in [2.24, 2.45) is 0 Å². The van der Waals surface area contributed by atoms with Gasteiger partial charge in [-0.3, -0.25) is 0 Å². The molecule has 0 amide bonds. The fourth-order valence-electron chi connectivity index (χ4n) is 1.09. The zero-order valence-corrected chi connectivity index (χ0v) is 8.33. The minimum atomic E-state index is 0.921. The lowest BCUT2D eigenvalue weighted by atomic mass is 10.2. The summed E-state index contributed by atoms with van der Waals surface area (Å²) in [6, 6.07) is 6.21. The number of hydrogen-bond acceptors (Lipinski definition) is 0. The van der Waals surface area contributed by atoms with Crippen LogP contribution in [0.15, 0.2) is 48.7 Å². The molecule has 0 aliphatic carbocycles. The molecule has 68 valence electrons. The number of aryl methyl sites for hydroxylation is 1. The van der Waals surface area contributed by atoms with Gasteiger partial charge in [-0.1, -0.05) is 18.7 Å². The Morgan fingerprint density at radius 3 is 2.92 bits per heavy atom. The first-order valence-electron chi connectivity index (χ1n) is 4.48. The molecule has 1 heteroatoms. The Hall–Kier alpha value is -1.37. The van der Waals surface area contributed by atoms with E-state index in [-0.39, 0.29) is 0 Å². The summed E-state index contributed by atoms with van der Waals surface area (Å²) < 4.78 is 2.20. The lowest BCUT2D eigenvalue weighted by Gasteiger charge is -1.96. The van der Waals surface area contributed by atoms with E-state index in [1.807, 2.05) is 12.1 Å². The summed E-state index contributed by atoms with van der Waals surface area (Å²) in [6.07, 6.45) is 6.13. The molecule has 1 rings (SSSR count). The van der Waals surface area contributed by atoms with Gasteiger partial charge in [-0.15, -0.1) is 0 Å². The predicted molar refractivity (Wildman–Crippen MR) is 55.3 cm³/mol. The van der Waals surface area contributed by atoms with Gasteiger partial charge in [0, 0.05) is 19.1 Å². The van der Waals surface area contributed by atoms with E-state index < -0.39 is 0 Å². The van der Waals surface area contributed by atoms with E-state index in [1.165, 1.54) is 11.3 Å². The second kappa shape index (κ2) is 4.61. The molecule has 0 aliphatic heterocycles. The van der Waals surface area contributed by atoms with E-state index in [1.54, 1.807) is 0 Å². The van der Waals surface area contributed by atoms with Crippen LogP contribution in [0.5, 0.6) is 0 Å². The highest BCUT2D eigenvalue weighted by molar-refractivity contribution is 5.11. The van der Waals surface area contributed by atoms with Gasteiger partial charge < -0.3 is 0 Å². The standard InChI is InChI=1S/C12H16N/c1-4-11(2)8-10-13-9-6-5-7-12(13)3/h4-9H,1,10H2,2-3H3/q+1/b11-8+. The monoisotopic (exact) mass is 174 g/mol. The SMILES string of the molecule is C=C/C(C)=C/C[n+]1ccccc1C. The van der Waals surface area contributed by atoms with Crippen LogP contribution in [0.2, 0.25) is 0 Å². The van der Waals surface area contributed by atoms with Gasteiger partial charge in [0.25, 0.3) is 0 Å². The Kier molecular flexibility index (Phi) is 3.44. The van der Waals surface area contributed by atoms with Gasteiger partial charge >= 0.3 is 0 Å². The lowest BCUT2D eigenvalue weighted by molar-refractivity contribution is -0.693. The van der Waals surface area contributed by atoms with Crippen molar-refractivity contribution in [1.29, 1.82) is 0 Å². The van der Waals surface area contributed by atoms with Gasteiger partial charge in [0.1, 0.15) is 0 Å². The molecule has 1 heterocycles. The number of aromatic nitrogens is 1. The van der Waals surface area contributed by atoms with E-state index in [0.29, 0.717) is 0 Å². The average Bonchev–Trinajstić information content (AvgIpc) is 2.16. The van der Waals surface area contributed by atoms with Gasteiger partial charge in [-0.25, -0.2) is 0 Å². The molecule has 0 aromatic carbocycles. The van der Waals surface area contributed by atoms with Crippen LogP contribution in [-0.2, 0) is 6.54 Å². The van der Waals surface area contributed by atoms with Crippen LogP contribution >= 0.6 is 0 Å². The van der Waals surface area contributed by atoms with Crippen LogP contribution in [-0.4, -0.2) is 0 Å². The number of hydrogen-bond donors (Lipinski definition) is 0. The smallest absolute Gasteiger partial charge is 0.178 e. The van der Waals surface area contributed by atoms with Crippen molar-refractivity contribution in [1.82, 2.24) is 0 Å². The molecule has 0 saturated heterocycles. The van der Waals surface area contributed by atoms with Crippen LogP contribution in [0.25, 0.3) is 0 Å². The van der Waals surface area contributed by atoms with E-state index >= 15 is 0 Å². The third kappa shape index (κ3) is 2.86. The molecule has 0 atom stereocenters. The summed E-state index contributed by atoms with van der Waals surface area (Å²) in [5, 5.41) is 0. The Balaban J connectivity index is 2.75. The van der Waals surface area contributed by atoms with Crippen LogP contribution in [0.4, 0.5) is 0 Å². The van der Waals surface area contributed by atoms with Crippen LogP contribution in [0, 0.1) is 6.92 Å². The molecule has 1 aromatic heterocycles. The first-order chi connectivity index (χ1) is 6.24. The summed E-state index contributed by atoms with van der Waals surface area (Å²) in [5.41, 5.74) is 2.49. The Bertz CT molecular complexity index is 324. The van der Waals surface area contributed by atoms with E-state index in [2.05, 4.69) is 49.4 Å². The van der Waals surface area contributed by atoms with E-state index in [0.717, 1.165) is 6.54 Å². The quantitative estimate of drug-likeness (QED) is 0.489. The Labute approximate surface area is 80.0 Å². The minimum Gasteiger partial charge on any atom is -0.199 e. The van der Waals surface area contributed by atoms with Gasteiger partial charge in [0.05, 0.1) is 0 Å². The number of rotatable bonds is 3. The summed E-state index contributed by atoms with van der Waals surface area (Å²) in [5.74, 6) is 0. The fourth-order valence-corrected chi connectivity index (χ4v) is 1.09. The number of pyridine rings is 1. The molecule has 0 aliphatic rings. The maximum absolute atomic E-state index is 3.72. The minimum absolute atomic E-state index is 0.921. The predicted octanol–water partition coefficient (Wildman–Crippen LogP) is 2.41. The zero-order chi connectivity index (χ0) is 9.68. The average molecular weight is 174 g/mol. The number of nitrogens with zero attached hydrogens (tertiary/aromatic N) is 1. The highest BCUT2D eigenvalue weighted by Crippen LogP contribution is 1.93. The normalized spacial score (nSPS) is 11.4. The highest BCUT2D eigenvalue weighted by Gasteiger charge is 2.00. The largest absolute Gasteiger partial charge is 0.199 e. The van der Waals surface area contributed by atoms with E-state index in [4.69, 9.17) is 0 Å². The fraction of sp³-hybridized carbons (Fsp3) is 0.250. The van der Waals surface area contributed by atoms with Gasteiger partial charge in [0.15, 0.2) is 18.4 Å². The molecule has 0 bridgehead atoms. The summed E-state index contributed by atoms with van der Waals surface area (Å²) in [4.78, 5) is 0. The molecule has 13 heavy (non-hydrogen) atoms. The van der Waals surface area contributed by atoms with Crippen molar-refractivity contribution in [3.8, 4) is 0 Å². The molecule has 1 nitrogen and oxygen atoms in total. The van der Waals surface area contributed by atoms with Crippen molar-refractivity contribution in [2.75, 3.05) is 0 Å². The zero-order valence-electron chi connectivity index (χ0n) is 8.33. The molecular weight excluding hydrogens is 158 g/mol. The summed E-state index contributed by atoms with van der Waals surface area (Å²) in [6.45, 7) is 8.81. The molecular formula is C12H16N+. The third-order valence-electron chi connectivity index (χ3n) is 2.10. The highest BCUT2D eigenvalue weighted by atomic mass is 14.9. The summed E-state index contributed by atoms with van der Waals surface area (Å²) in [7, 11) is 0. The maximum Gasteiger partial charge on any atom is 0.178 e. The molecule has 0 radical (unpaired) electrons. The van der Waals surface area contributed by atoms with Crippen molar-refractivity contribution in [3.05, 3.63) is 54.4 Å². The molecule has 0 saturated carbocycles. The van der Waals surface area contributed by atoms with Crippen LogP contribution in [0.3, 0.4) is 0 Å². The van der Waals surface area contributed by atoms with Crippen molar-refractivity contribution in [2.45, 2.75) is 20.4 Å². The van der Waals surface area contributed by atoms with Gasteiger partial charge in [-0.2, -0.15) is 4.57 Å². The molecule has 0 spiro atoms. The topological polar surface area (TPSA) is 3.88 Å². The first kappa shape index (κ1) is 9.72. The van der Waals surface area contributed by atoms with E-state index in [9.17, 15) is 0 Å². The molecule has 0 N–H and O–H groups in total. The van der Waals surface area contributed by atoms with Crippen molar-refractivity contribution in [3.63, 3.8) is 0 Å². The van der Waals surface area contributed by atoms with Crippen molar-refractivity contribution >= 4 is 0 Å². The van der Waals surface area contributed by atoms with Gasteiger partial charge in [0.2, 0.25) is 0 Å².